The predicted molar refractivity (Wildman–Crippen MR) is 115 cm³/mol. The minimum Gasteiger partial charge on any atom is -0.357 e. The van der Waals surface area contributed by atoms with Crippen molar-refractivity contribution in [3.63, 3.8) is 0 Å². The van der Waals surface area contributed by atoms with E-state index in [9.17, 15) is 0 Å². The summed E-state index contributed by atoms with van der Waals surface area (Å²) in [5.41, 5.74) is 1.10. The summed E-state index contributed by atoms with van der Waals surface area (Å²) in [4.78, 5) is 12.7. The molecular formula is C15H22BrIN4S2. The van der Waals surface area contributed by atoms with Gasteiger partial charge in [0.1, 0.15) is 0 Å². The summed E-state index contributed by atoms with van der Waals surface area (Å²) >= 11 is 6.96. The molecule has 0 radical (unpaired) electrons. The highest BCUT2D eigenvalue weighted by Crippen LogP contribution is 2.22. The number of nitrogens with zero attached hydrogens (tertiary/aromatic N) is 3. The van der Waals surface area contributed by atoms with Gasteiger partial charge in [0.15, 0.2) is 5.96 Å². The fourth-order valence-corrected chi connectivity index (χ4v) is 4.10. The fourth-order valence-electron chi connectivity index (χ4n) is 2.03. The van der Waals surface area contributed by atoms with E-state index in [2.05, 4.69) is 62.6 Å². The first-order valence-electron chi connectivity index (χ1n) is 7.23. The molecule has 0 atom stereocenters. The van der Waals surface area contributed by atoms with Crippen LogP contribution in [0.4, 0.5) is 0 Å². The van der Waals surface area contributed by atoms with Crippen LogP contribution in [0, 0.1) is 6.92 Å². The molecule has 0 bridgehead atoms. The third kappa shape index (κ3) is 7.06. The molecular weight excluding hydrogens is 507 g/mol. The Morgan fingerprint density at radius 2 is 2.22 bits per heavy atom. The summed E-state index contributed by atoms with van der Waals surface area (Å²) in [5.74, 6) is 0.934. The van der Waals surface area contributed by atoms with Gasteiger partial charge in [-0.05, 0) is 41.9 Å². The molecule has 0 aliphatic heterocycles. The van der Waals surface area contributed by atoms with Gasteiger partial charge in [0.2, 0.25) is 0 Å². The monoisotopic (exact) mass is 528 g/mol. The molecule has 0 spiro atoms. The molecule has 23 heavy (non-hydrogen) atoms. The van der Waals surface area contributed by atoms with E-state index in [1.165, 1.54) is 8.66 Å². The fraction of sp³-hybridized carbons (Fsp3) is 0.467. The van der Waals surface area contributed by atoms with Crippen LogP contribution in [0.2, 0.25) is 0 Å². The van der Waals surface area contributed by atoms with Crippen molar-refractivity contribution in [2.45, 2.75) is 26.8 Å². The number of hydrogen-bond acceptors (Lipinski definition) is 4. The summed E-state index contributed by atoms with van der Waals surface area (Å²) in [6.07, 6.45) is 0.967. The van der Waals surface area contributed by atoms with Crippen molar-refractivity contribution in [2.24, 2.45) is 4.99 Å². The Hall–Kier alpha value is -0.190. The molecule has 8 heteroatoms. The second-order valence-electron chi connectivity index (χ2n) is 4.91. The minimum atomic E-state index is 0. The number of guanidine groups is 1. The molecule has 0 aromatic carbocycles. The Labute approximate surface area is 171 Å². The molecule has 2 aromatic heterocycles. The van der Waals surface area contributed by atoms with E-state index in [0.29, 0.717) is 0 Å². The third-order valence-corrected chi connectivity index (χ3v) is 5.52. The van der Waals surface area contributed by atoms with Gasteiger partial charge in [-0.3, -0.25) is 4.99 Å². The van der Waals surface area contributed by atoms with Gasteiger partial charge in [0, 0.05) is 36.8 Å². The van der Waals surface area contributed by atoms with E-state index in [4.69, 9.17) is 4.99 Å². The van der Waals surface area contributed by atoms with Crippen molar-refractivity contribution in [1.29, 1.82) is 0 Å². The lowest BCUT2D eigenvalue weighted by atomic mass is 10.3. The molecule has 0 unspecified atom stereocenters. The van der Waals surface area contributed by atoms with E-state index in [1.54, 1.807) is 22.7 Å². The van der Waals surface area contributed by atoms with Crippen LogP contribution in [0.25, 0.3) is 0 Å². The van der Waals surface area contributed by atoms with E-state index >= 15 is 0 Å². The van der Waals surface area contributed by atoms with Crippen LogP contribution in [-0.2, 0) is 13.0 Å². The Morgan fingerprint density at radius 3 is 2.78 bits per heavy atom. The maximum atomic E-state index is 4.72. The molecule has 0 amide bonds. The maximum absolute atomic E-state index is 4.72. The standard InChI is InChI=1S/C15H21BrN4S2.HI/c1-4-17-15(18-8-7-13-5-6-14(16)22-13)20(3)9-12-10-21-11(2)19-12;/h5-6,10H,4,7-9H2,1-3H3,(H,17,18);1H. The van der Waals surface area contributed by atoms with Gasteiger partial charge in [-0.15, -0.1) is 46.7 Å². The first kappa shape index (κ1) is 20.9. The van der Waals surface area contributed by atoms with Crippen LogP contribution in [0.1, 0.15) is 22.5 Å². The number of thiophene rings is 1. The quantitative estimate of drug-likeness (QED) is 0.340. The van der Waals surface area contributed by atoms with Gasteiger partial charge in [-0.25, -0.2) is 4.98 Å². The van der Waals surface area contributed by atoms with Crippen LogP contribution in [0.3, 0.4) is 0 Å². The number of thiazole rings is 1. The minimum absolute atomic E-state index is 0. The maximum Gasteiger partial charge on any atom is 0.194 e. The third-order valence-electron chi connectivity index (χ3n) is 3.01. The second-order valence-corrected chi connectivity index (χ2v) is 8.52. The summed E-state index contributed by atoms with van der Waals surface area (Å²) < 4.78 is 1.18. The number of aryl methyl sites for hydroxylation is 1. The number of rotatable bonds is 6. The zero-order chi connectivity index (χ0) is 15.9. The smallest absolute Gasteiger partial charge is 0.194 e. The van der Waals surface area contributed by atoms with Crippen molar-refractivity contribution in [3.8, 4) is 0 Å². The summed E-state index contributed by atoms with van der Waals surface area (Å²) in [5, 5.41) is 6.56. The van der Waals surface area contributed by atoms with Crippen LogP contribution in [0.15, 0.2) is 26.3 Å². The molecule has 2 aromatic rings. The Morgan fingerprint density at radius 1 is 1.43 bits per heavy atom. The van der Waals surface area contributed by atoms with Gasteiger partial charge < -0.3 is 10.2 Å². The molecule has 2 rings (SSSR count). The topological polar surface area (TPSA) is 40.5 Å². The zero-order valence-electron chi connectivity index (χ0n) is 13.5. The van der Waals surface area contributed by atoms with E-state index in [-0.39, 0.29) is 24.0 Å². The van der Waals surface area contributed by atoms with Gasteiger partial charge >= 0.3 is 0 Å². The van der Waals surface area contributed by atoms with Crippen molar-refractivity contribution >= 4 is 68.5 Å². The molecule has 2 heterocycles. The molecule has 4 nitrogen and oxygen atoms in total. The SMILES string of the molecule is CCNC(=NCCc1ccc(Br)s1)N(C)Cc1csc(C)n1.I. The van der Waals surface area contributed by atoms with Gasteiger partial charge in [-0.1, -0.05) is 0 Å². The van der Waals surface area contributed by atoms with Crippen molar-refractivity contribution in [3.05, 3.63) is 36.9 Å². The van der Waals surface area contributed by atoms with Gasteiger partial charge in [0.05, 0.1) is 21.0 Å². The first-order chi connectivity index (χ1) is 10.6. The molecule has 0 saturated heterocycles. The average Bonchev–Trinajstić information content (AvgIpc) is 3.06. The summed E-state index contributed by atoms with van der Waals surface area (Å²) in [6, 6.07) is 4.24. The van der Waals surface area contributed by atoms with Crippen LogP contribution in [-0.4, -0.2) is 36.0 Å². The Kier molecular flexibility index (Phi) is 9.64. The van der Waals surface area contributed by atoms with E-state index in [0.717, 1.165) is 42.7 Å². The summed E-state index contributed by atoms with van der Waals surface area (Å²) in [6.45, 7) is 6.56. The number of hydrogen-bond donors (Lipinski definition) is 1. The lowest BCUT2D eigenvalue weighted by Crippen LogP contribution is -2.38. The Bertz CT molecular complexity index is 627. The van der Waals surface area contributed by atoms with Crippen molar-refractivity contribution in [2.75, 3.05) is 20.1 Å². The second kappa shape index (κ2) is 10.6. The Balaban J connectivity index is 0.00000264. The molecule has 128 valence electrons. The number of halogens is 2. The number of aromatic nitrogens is 1. The zero-order valence-corrected chi connectivity index (χ0v) is 19.1. The number of aliphatic imine (C=N–C) groups is 1. The molecule has 0 saturated carbocycles. The molecule has 0 aliphatic carbocycles. The van der Waals surface area contributed by atoms with E-state index < -0.39 is 0 Å². The number of nitrogens with one attached hydrogen (secondary N) is 1. The van der Waals surface area contributed by atoms with Crippen molar-refractivity contribution in [1.82, 2.24) is 15.2 Å². The molecule has 1 N–H and O–H groups in total. The molecule has 0 aliphatic rings. The largest absolute Gasteiger partial charge is 0.357 e. The highest BCUT2D eigenvalue weighted by atomic mass is 127. The van der Waals surface area contributed by atoms with Gasteiger partial charge in [-0.2, -0.15) is 0 Å². The summed E-state index contributed by atoms with van der Waals surface area (Å²) in [7, 11) is 2.05. The lowest BCUT2D eigenvalue weighted by Gasteiger charge is -2.21. The van der Waals surface area contributed by atoms with Crippen LogP contribution >= 0.6 is 62.6 Å². The normalized spacial score (nSPS) is 11.2. The average molecular weight is 529 g/mol. The first-order valence-corrected chi connectivity index (χ1v) is 9.72. The van der Waals surface area contributed by atoms with Crippen LogP contribution < -0.4 is 5.32 Å². The van der Waals surface area contributed by atoms with Crippen molar-refractivity contribution < 1.29 is 0 Å². The van der Waals surface area contributed by atoms with Gasteiger partial charge in [0.25, 0.3) is 0 Å². The predicted octanol–water partition coefficient (Wildman–Crippen LogP) is 4.53. The molecule has 0 fully saturated rings. The highest BCUT2D eigenvalue weighted by molar-refractivity contribution is 14.0. The lowest BCUT2D eigenvalue weighted by molar-refractivity contribution is 0.471. The van der Waals surface area contributed by atoms with Crippen LogP contribution in [0.5, 0.6) is 0 Å². The van der Waals surface area contributed by atoms with E-state index in [1.807, 2.05) is 6.92 Å². The highest BCUT2D eigenvalue weighted by Gasteiger charge is 2.08.